The second-order valence-electron chi connectivity index (χ2n) is 4.67. The van der Waals surface area contributed by atoms with Crippen LogP contribution >= 0.6 is 12.2 Å². The van der Waals surface area contributed by atoms with E-state index in [0.717, 1.165) is 5.69 Å². The number of nitrogens with one attached hydrogen (secondary N) is 2. The van der Waals surface area contributed by atoms with Gasteiger partial charge in [0.05, 0.1) is 32.1 Å². The number of tetrazole rings is 1. The van der Waals surface area contributed by atoms with Gasteiger partial charge in [-0.2, -0.15) is 5.21 Å². The number of anilines is 1. The molecule has 1 aromatic heterocycles. The molecule has 0 aliphatic heterocycles. The first-order valence-electron chi connectivity index (χ1n) is 7.25. The van der Waals surface area contributed by atoms with E-state index in [-0.39, 0.29) is 12.5 Å². The Labute approximate surface area is 143 Å². The van der Waals surface area contributed by atoms with E-state index in [0.29, 0.717) is 36.9 Å². The number of benzene rings is 1. The molecule has 0 fully saturated rings. The van der Waals surface area contributed by atoms with Crippen LogP contribution in [-0.4, -0.2) is 66.3 Å². The molecule has 1 heterocycles. The van der Waals surface area contributed by atoms with Crippen molar-refractivity contribution in [3.8, 4) is 5.69 Å². The summed E-state index contributed by atoms with van der Waals surface area (Å²) in [6, 6.07) is 7.13. The summed E-state index contributed by atoms with van der Waals surface area (Å²) < 4.78 is 17.2. The third-order valence-corrected chi connectivity index (χ3v) is 3.16. The van der Waals surface area contributed by atoms with Gasteiger partial charge in [-0.15, -0.1) is 0 Å². The summed E-state index contributed by atoms with van der Waals surface area (Å²) in [4.78, 5) is 11.9. The molecule has 9 nitrogen and oxygen atoms in total. The zero-order valence-electron chi connectivity index (χ0n) is 13.2. The third-order valence-electron chi connectivity index (χ3n) is 2.90. The Bertz CT molecular complexity index is 702. The molecule has 1 aromatic carbocycles. The highest BCUT2D eigenvalue weighted by molar-refractivity contribution is 7.71. The second-order valence-corrected chi connectivity index (χ2v) is 5.04. The molecule has 130 valence electrons. The third kappa shape index (κ3) is 5.81. The molecule has 1 amide bonds. The minimum atomic E-state index is -0.254. The zero-order chi connectivity index (χ0) is 17.2. The van der Waals surface area contributed by atoms with Crippen LogP contribution in [0.5, 0.6) is 0 Å². The van der Waals surface area contributed by atoms with E-state index in [1.807, 2.05) is 6.07 Å². The van der Waals surface area contributed by atoms with E-state index in [9.17, 15) is 4.79 Å². The van der Waals surface area contributed by atoms with Gasteiger partial charge in [-0.25, -0.2) is 4.68 Å². The first-order valence-corrected chi connectivity index (χ1v) is 7.66. The van der Waals surface area contributed by atoms with Crippen LogP contribution in [0, 0.1) is 4.77 Å². The molecular weight excluding hydrogens is 334 g/mol. The van der Waals surface area contributed by atoms with Crippen molar-refractivity contribution in [2.24, 2.45) is 0 Å². The number of H-pyrrole nitrogens is 1. The molecule has 0 radical (unpaired) electrons. The number of carbonyl (C=O) groups excluding carboxylic acids is 1. The van der Waals surface area contributed by atoms with Crippen molar-refractivity contribution in [1.82, 2.24) is 20.2 Å². The Balaban J connectivity index is 1.76. The van der Waals surface area contributed by atoms with Gasteiger partial charge in [-0.1, -0.05) is 16.4 Å². The number of aromatic nitrogens is 4. The van der Waals surface area contributed by atoms with Crippen molar-refractivity contribution in [1.29, 1.82) is 0 Å². The fourth-order valence-corrected chi connectivity index (χ4v) is 2.00. The molecule has 2 rings (SSSR count). The quantitative estimate of drug-likeness (QED) is 0.484. The van der Waals surface area contributed by atoms with Gasteiger partial charge in [0.15, 0.2) is 0 Å². The minimum Gasteiger partial charge on any atom is -0.382 e. The van der Waals surface area contributed by atoms with Gasteiger partial charge < -0.3 is 19.5 Å². The van der Waals surface area contributed by atoms with Gasteiger partial charge in [0.1, 0.15) is 6.61 Å². The van der Waals surface area contributed by atoms with Crippen LogP contribution in [0.3, 0.4) is 0 Å². The minimum absolute atomic E-state index is 0.0527. The Morgan fingerprint density at radius 1 is 1.29 bits per heavy atom. The fourth-order valence-electron chi connectivity index (χ4n) is 1.81. The molecule has 2 N–H and O–H groups in total. The molecule has 0 spiro atoms. The predicted octanol–water partition coefficient (Wildman–Crippen LogP) is 0.943. The average Bonchev–Trinajstić information content (AvgIpc) is 3.00. The molecular formula is C14H19N5O4S. The predicted molar refractivity (Wildman–Crippen MR) is 88.7 cm³/mol. The van der Waals surface area contributed by atoms with Crippen molar-refractivity contribution >= 4 is 23.8 Å². The number of amides is 1. The lowest BCUT2D eigenvalue weighted by atomic mass is 10.3. The summed E-state index contributed by atoms with van der Waals surface area (Å²) in [5, 5.41) is 12.7. The second kappa shape index (κ2) is 9.88. The van der Waals surface area contributed by atoms with Crippen LogP contribution in [0.2, 0.25) is 0 Å². The van der Waals surface area contributed by atoms with Crippen LogP contribution in [0.25, 0.3) is 5.69 Å². The number of carbonyl (C=O) groups is 1. The summed E-state index contributed by atoms with van der Waals surface area (Å²) in [6.45, 7) is 1.74. The van der Waals surface area contributed by atoms with Crippen molar-refractivity contribution < 1.29 is 19.0 Å². The van der Waals surface area contributed by atoms with Crippen LogP contribution in [0.1, 0.15) is 0 Å². The van der Waals surface area contributed by atoms with Gasteiger partial charge in [0.2, 0.25) is 10.7 Å². The van der Waals surface area contributed by atoms with Crippen molar-refractivity contribution in [3.63, 3.8) is 0 Å². The lowest BCUT2D eigenvalue weighted by molar-refractivity contribution is -0.121. The Kier molecular flexibility index (Phi) is 7.49. The lowest BCUT2D eigenvalue weighted by Gasteiger charge is -2.08. The molecule has 0 atom stereocenters. The molecule has 10 heteroatoms. The standard InChI is InChI=1S/C14H19N5O4S/c1-21-5-6-22-7-8-23-10-13(20)15-11-3-2-4-12(9-11)19-14(24)16-17-18-19/h2-4,9H,5-8,10H2,1H3,(H,15,20)(H,16,18,24). The average molecular weight is 353 g/mol. The molecule has 0 aliphatic rings. The Morgan fingerprint density at radius 3 is 2.83 bits per heavy atom. The number of aromatic amines is 1. The summed E-state index contributed by atoms with van der Waals surface area (Å²) in [5.41, 5.74) is 1.34. The SMILES string of the molecule is COCCOCCOCC(=O)Nc1cccc(-n2[nH]nnc2=S)c1. The largest absolute Gasteiger partial charge is 0.382 e. The van der Waals surface area contributed by atoms with Gasteiger partial charge >= 0.3 is 0 Å². The maximum Gasteiger partial charge on any atom is 0.250 e. The number of methoxy groups -OCH3 is 1. The highest BCUT2D eigenvalue weighted by Crippen LogP contribution is 2.13. The maximum atomic E-state index is 11.9. The maximum absolute atomic E-state index is 11.9. The van der Waals surface area contributed by atoms with E-state index >= 15 is 0 Å². The molecule has 0 saturated carbocycles. The molecule has 0 unspecified atom stereocenters. The number of ether oxygens (including phenoxy) is 3. The highest BCUT2D eigenvalue weighted by atomic mass is 32.1. The normalized spacial score (nSPS) is 10.7. The molecule has 0 aliphatic carbocycles. The number of rotatable bonds is 10. The molecule has 0 bridgehead atoms. The smallest absolute Gasteiger partial charge is 0.250 e. The fraction of sp³-hybridized carbons (Fsp3) is 0.429. The topological polar surface area (TPSA) is 103 Å². The molecule has 24 heavy (non-hydrogen) atoms. The van der Waals surface area contributed by atoms with Crippen LogP contribution < -0.4 is 5.32 Å². The van der Waals surface area contributed by atoms with Crippen LogP contribution in [-0.2, 0) is 19.0 Å². The van der Waals surface area contributed by atoms with E-state index in [2.05, 4.69) is 20.8 Å². The van der Waals surface area contributed by atoms with E-state index in [1.165, 1.54) is 4.68 Å². The van der Waals surface area contributed by atoms with E-state index in [4.69, 9.17) is 26.4 Å². The van der Waals surface area contributed by atoms with Crippen molar-refractivity contribution in [2.75, 3.05) is 45.5 Å². The molecule has 0 saturated heterocycles. The summed E-state index contributed by atoms with van der Waals surface area (Å²) in [5.74, 6) is -0.254. The van der Waals surface area contributed by atoms with Gasteiger partial charge in [-0.05, 0) is 30.4 Å². The van der Waals surface area contributed by atoms with Crippen LogP contribution in [0.15, 0.2) is 24.3 Å². The van der Waals surface area contributed by atoms with Gasteiger partial charge in [0, 0.05) is 12.8 Å². The Morgan fingerprint density at radius 2 is 2.08 bits per heavy atom. The number of hydrogen-bond acceptors (Lipinski definition) is 7. The van der Waals surface area contributed by atoms with E-state index < -0.39 is 0 Å². The lowest BCUT2D eigenvalue weighted by Crippen LogP contribution is -2.20. The van der Waals surface area contributed by atoms with Gasteiger partial charge in [-0.3, -0.25) is 4.79 Å². The molecule has 2 aromatic rings. The zero-order valence-corrected chi connectivity index (χ0v) is 14.0. The Hall–Kier alpha value is -2.14. The first kappa shape index (κ1) is 18.2. The number of hydrogen-bond donors (Lipinski definition) is 2. The first-order chi connectivity index (χ1) is 11.7. The highest BCUT2D eigenvalue weighted by Gasteiger charge is 2.05. The monoisotopic (exact) mass is 353 g/mol. The van der Waals surface area contributed by atoms with Crippen LogP contribution in [0.4, 0.5) is 5.69 Å². The van der Waals surface area contributed by atoms with E-state index in [1.54, 1.807) is 25.3 Å². The summed E-state index contributed by atoms with van der Waals surface area (Å²) in [6.07, 6.45) is 0. The summed E-state index contributed by atoms with van der Waals surface area (Å²) >= 11 is 5.04. The number of nitrogens with zero attached hydrogens (tertiary/aromatic N) is 3. The van der Waals surface area contributed by atoms with Crippen molar-refractivity contribution in [2.45, 2.75) is 0 Å². The van der Waals surface area contributed by atoms with Crippen molar-refractivity contribution in [3.05, 3.63) is 29.0 Å². The van der Waals surface area contributed by atoms with Gasteiger partial charge in [0.25, 0.3) is 0 Å². The summed E-state index contributed by atoms with van der Waals surface area (Å²) in [7, 11) is 1.61.